The fourth-order valence-corrected chi connectivity index (χ4v) is 2.00. The summed E-state index contributed by atoms with van der Waals surface area (Å²) in [5.74, 6) is -3.58. The molecule has 6 heteroatoms. The Hall–Kier alpha value is -1.82. The summed E-state index contributed by atoms with van der Waals surface area (Å²) < 4.78 is 40.9. The molecule has 18 heavy (non-hydrogen) atoms. The van der Waals surface area contributed by atoms with Crippen molar-refractivity contribution >= 4 is 0 Å². The van der Waals surface area contributed by atoms with Crippen molar-refractivity contribution < 1.29 is 13.2 Å². The normalized spacial score (nSPS) is 15.7. The molecule has 1 aromatic heterocycles. The minimum absolute atomic E-state index is 0.241. The highest BCUT2D eigenvalue weighted by atomic mass is 19.2. The average molecular weight is 253 g/mol. The fraction of sp³-hybridized carbons (Fsp3) is 0.250. The number of hydrogen-bond acceptors (Lipinski definition) is 2. The molecule has 1 saturated heterocycles. The van der Waals surface area contributed by atoms with Gasteiger partial charge in [0.25, 0.3) is 0 Å². The molecular formula is C12H10F3N3. The van der Waals surface area contributed by atoms with Crippen molar-refractivity contribution in [3.8, 4) is 5.69 Å². The predicted octanol–water partition coefficient (Wildman–Crippen LogP) is 1.98. The Morgan fingerprint density at radius 1 is 1.17 bits per heavy atom. The molecule has 0 aliphatic carbocycles. The first-order chi connectivity index (χ1) is 8.66. The van der Waals surface area contributed by atoms with Crippen LogP contribution < -0.4 is 5.32 Å². The van der Waals surface area contributed by atoms with Crippen molar-refractivity contribution in [1.29, 1.82) is 0 Å². The van der Waals surface area contributed by atoms with E-state index in [1.54, 1.807) is 10.8 Å². The molecule has 0 spiro atoms. The largest absolute Gasteiger partial charge is 0.315 e. The van der Waals surface area contributed by atoms with Gasteiger partial charge in [-0.2, -0.15) is 0 Å². The predicted molar refractivity (Wildman–Crippen MR) is 59.0 cm³/mol. The van der Waals surface area contributed by atoms with Crippen LogP contribution in [0, 0.1) is 17.5 Å². The van der Waals surface area contributed by atoms with Gasteiger partial charge in [-0.25, -0.2) is 18.2 Å². The fourth-order valence-electron chi connectivity index (χ4n) is 2.00. The van der Waals surface area contributed by atoms with Gasteiger partial charge in [0.15, 0.2) is 17.5 Å². The standard InChI is InChI=1S/C12H10F3N3/c13-9-1-8(2-10(14)12(9)15)18-6-17-5-11(18)7-3-16-4-7/h1-2,5-7,16H,3-4H2. The lowest BCUT2D eigenvalue weighted by Gasteiger charge is -2.27. The van der Waals surface area contributed by atoms with Crippen LogP contribution >= 0.6 is 0 Å². The lowest BCUT2D eigenvalue weighted by Crippen LogP contribution is -2.40. The van der Waals surface area contributed by atoms with Crippen LogP contribution in [0.5, 0.6) is 0 Å². The number of nitrogens with one attached hydrogen (secondary N) is 1. The molecule has 0 amide bonds. The average Bonchev–Trinajstić information content (AvgIpc) is 2.71. The second-order valence-electron chi connectivity index (χ2n) is 4.27. The molecule has 0 unspecified atom stereocenters. The summed E-state index contributed by atoms with van der Waals surface area (Å²) in [5, 5.41) is 3.11. The molecule has 0 atom stereocenters. The SMILES string of the molecule is Fc1cc(-n2cncc2C2CNC2)cc(F)c1F. The second kappa shape index (κ2) is 4.13. The first-order valence-corrected chi connectivity index (χ1v) is 5.54. The minimum atomic E-state index is -1.45. The summed E-state index contributed by atoms with van der Waals surface area (Å²) in [7, 11) is 0. The molecule has 0 saturated carbocycles. The van der Waals surface area contributed by atoms with E-state index in [4.69, 9.17) is 0 Å². The minimum Gasteiger partial charge on any atom is -0.315 e. The molecule has 1 aliphatic heterocycles. The summed E-state index contributed by atoms with van der Waals surface area (Å²) in [6.45, 7) is 1.61. The van der Waals surface area contributed by atoms with Gasteiger partial charge in [-0.05, 0) is 0 Å². The zero-order chi connectivity index (χ0) is 12.7. The molecule has 1 fully saturated rings. The van der Waals surface area contributed by atoms with E-state index in [1.807, 2.05) is 0 Å². The van der Waals surface area contributed by atoms with Crippen LogP contribution in [0.1, 0.15) is 11.6 Å². The number of hydrogen-bond donors (Lipinski definition) is 1. The maximum absolute atomic E-state index is 13.2. The van der Waals surface area contributed by atoms with Gasteiger partial charge >= 0.3 is 0 Å². The number of benzene rings is 1. The Morgan fingerprint density at radius 2 is 1.83 bits per heavy atom. The third-order valence-corrected chi connectivity index (χ3v) is 3.11. The van der Waals surface area contributed by atoms with Gasteiger partial charge in [-0.1, -0.05) is 0 Å². The van der Waals surface area contributed by atoms with E-state index in [-0.39, 0.29) is 11.6 Å². The topological polar surface area (TPSA) is 29.9 Å². The Balaban J connectivity index is 2.07. The number of aromatic nitrogens is 2. The molecule has 0 bridgehead atoms. The molecule has 2 heterocycles. The van der Waals surface area contributed by atoms with E-state index >= 15 is 0 Å². The maximum atomic E-state index is 13.2. The molecule has 3 rings (SSSR count). The van der Waals surface area contributed by atoms with Crippen molar-refractivity contribution in [2.24, 2.45) is 0 Å². The molecule has 2 aromatic rings. The zero-order valence-corrected chi connectivity index (χ0v) is 9.33. The van der Waals surface area contributed by atoms with Gasteiger partial charge in [-0.3, -0.25) is 0 Å². The van der Waals surface area contributed by atoms with Crippen LogP contribution in [-0.2, 0) is 0 Å². The lowest BCUT2D eigenvalue weighted by atomic mass is 10.00. The third kappa shape index (κ3) is 1.69. The molecule has 1 aromatic carbocycles. The van der Waals surface area contributed by atoms with Crippen LogP contribution in [-0.4, -0.2) is 22.6 Å². The quantitative estimate of drug-likeness (QED) is 0.829. The van der Waals surface area contributed by atoms with E-state index < -0.39 is 17.5 Å². The van der Waals surface area contributed by atoms with Crippen molar-refractivity contribution in [2.75, 3.05) is 13.1 Å². The van der Waals surface area contributed by atoms with Gasteiger partial charge in [0, 0.05) is 43.0 Å². The van der Waals surface area contributed by atoms with Crippen molar-refractivity contribution in [3.63, 3.8) is 0 Å². The Bertz CT molecular complexity index is 567. The number of halogens is 3. The van der Waals surface area contributed by atoms with E-state index in [0.29, 0.717) is 0 Å². The van der Waals surface area contributed by atoms with Gasteiger partial charge in [-0.15, -0.1) is 0 Å². The van der Waals surface area contributed by atoms with Crippen LogP contribution in [0.2, 0.25) is 0 Å². The second-order valence-corrected chi connectivity index (χ2v) is 4.27. The molecule has 0 radical (unpaired) electrons. The summed E-state index contributed by atoms with van der Waals surface area (Å²) in [6, 6.07) is 1.94. The molecule has 94 valence electrons. The van der Waals surface area contributed by atoms with E-state index in [2.05, 4.69) is 10.3 Å². The lowest BCUT2D eigenvalue weighted by molar-refractivity contribution is 0.432. The van der Waals surface area contributed by atoms with Crippen LogP contribution in [0.25, 0.3) is 5.69 Å². The molecule has 1 N–H and O–H groups in total. The number of nitrogens with zero attached hydrogens (tertiary/aromatic N) is 2. The van der Waals surface area contributed by atoms with Crippen molar-refractivity contribution in [1.82, 2.24) is 14.9 Å². The number of imidazole rings is 1. The molecule has 1 aliphatic rings. The van der Waals surface area contributed by atoms with Gasteiger partial charge in [0.05, 0.1) is 12.0 Å². The van der Waals surface area contributed by atoms with Crippen LogP contribution in [0.3, 0.4) is 0 Å². The zero-order valence-electron chi connectivity index (χ0n) is 9.33. The maximum Gasteiger partial charge on any atom is 0.194 e. The Morgan fingerprint density at radius 3 is 2.39 bits per heavy atom. The molecular weight excluding hydrogens is 243 g/mol. The highest BCUT2D eigenvalue weighted by molar-refractivity contribution is 5.36. The van der Waals surface area contributed by atoms with Crippen LogP contribution in [0.15, 0.2) is 24.7 Å². The smallest absolute Gasteiger partial charge is 0.194 e. The van der Waals surface area contributed by atoms with E-state index in [9.17, 15) is 13.2 Å². The first kappa shape index (κ1) is 11.3. The summed E-state index contributed by atoms with van der Waals surface area (Å²) >= 11 is 0. The van der Waals surface area contributed by atoms with Crippen molar-refractivity contribution in [3.05, 3.63) is 47.8 Å². The Kier molecular flexibility index (Phi) is 2.59. The highest BCUT2D eigenvalue weighted by Crippen LogP contribution is 2.24. The summed E-state index contributed by atoms with van der Waals surface area (Å²) in [5.41, 5.74) is 1.10. The first-order valence-electron chi connectivity index (χ1n) is 5.54. The summed E-state index contributed by atoms with van der Waals surface area (Å²) in [6.07, 6.45) is 3.13. The van der Waals surface area contributed by atoms with E-state index in [1.165, 1.54) is 6.33 Å². The third-order valence-electron chi connectivity index (χ3n) is 3.11. The van der Waals surface area contributed by atoms with Crippen molar-refractivity contribution in [2.45, 2.75) is 5.92 Å². The van der Waals surface area contributed by atoms with Crippen LogP contribution in [0.4, 0.5) is 13.2 Å². The Labute approximate surface area is 101 Å². The van der Waals surface area contributed by atoms with E-state index in [0.717, 1.165) is 30.9 Å². The summed E-state index contributed by atoms with van der Waals surface area (Å²) in [4.78, 5) is 3.98. The van der Waals surface area contributed by atoms with Gasteiger partial charge in [0.2, 0.25) is 0 Å². The highest BCUT2D eigenvalue weighted by Gasteiger charge is 2.23. The monoisotopic (exact) mass is 253 g/mol. The molecule has 3 nitrogen and oxygen atoms in total. The number of rotatable bonds is 2. The van der Waals surface area contributed by atoms with Gasteiger partial charge < -0.3 is 9.88 Å². The van der Waals surface area contributed by atoms with Gasteiger partial charge in [0.1, 0.15) is 0 Å².